The molecule has 0 aromatic heterocycles. The third-order valence-corrected chi connectivity index (χ3v) is 4.57. The molecule has 8 heteroatoms. The van der Waals surface area contributed by atoms with Crippen LogP contribution in [0.4, 0.5) is 4.39 Å². The van der Waals surface area contributed by atoms with Crippen molar-refractivity contribution in [2.24, 2.45) is 0 Å². The van der Waals surface area contributed by atoms with Crippen molar-refractivity contribution in [3.05, 3.63) is 34.6 Å². The van der Waals surface area contributed by atoms with Crippen molar-refractivity contribution in [3.8, 4) is 0 Å². The Labute approximate surface area is 128 Å². The van der Waals surface area contributed by atoms with E-state index in [1.807, 2.05) is 0 Å². The number of hydrogen-bond donors (Lipinski definition) is 2. The highest BCUT2D eigenvalue weighted by molar-refractivity contribution is 7.90. The molecular formula is C13H17ClFNO4S. The molecule has 2 atom stereocenters. The number of aliphatic hydroxyl groups is 1. The molecule has 0 amide bonds. The Hall–Kier alpha value is -0.730. The second-order valence-electron chi connectivity index (χ2n) is 5.27. The fraction of sp³-hybridized carbons (Fsp3) is 0.538. The Bertz CT molecular complexity index is 625. The fourth-order valence-electron chi connectivity index (χ4n) is 2.46. The average molecular weight is 338 g/mol. The maximum atomic E-state index is 13.6. The van der Waals surface area contributed by atoms with Gasteiger partial charge in [-0.15, -0.1) is 0 Å². The van der Waals surface area contributed by atoms with Gasteiger partial charge in [-0.1, -0.05) is 17.7 Å². The number of rotatable bonds is 3. The summed E-state index contributed by atoms with van der Waals surface area (Å²) < 4.78 is 42.3. The smallest absolute Gasteiger partial charge is 0.150 e. The second kappa shape index (κ2) is 6.18. The molecule has 1 aromatic rings. The molecule has 0 spiro atoms. The molecule has 1 aliphatic heterocycles. The molecule has 1 heterocycles. The van der Waals surface area contributed by atoms with Crippen molar-refractivity contribution in [3.63, 3.8) is 0 Å². The number of sulfone groups is 1. The summed E-state index contributed by atoms with van der Waals surface area (Å²) in [5, 5.41) is 13.6. The van der Waals surface area contributed by atoms with Gasteiger partial charge in [-0.25, -0.2) is 12.8 Å². The van der Waals surface area contributed by atoms with E-state index in [0.29, 0.717) is 12.1 Å². The Balaban J connectivity index is 2.41. The zero-order valence-electron chi connectivity index (χ0n) is 11.5. The van der Waals surface area contributed by atoms with E-state index in [-0.39, 0.29) is 18.2 Å². The van der Waals surface area contributed by atoms with Crippen LogP contribution in [0.5, 0.6) is 0 Å². The van der Waals surface area contributed by atoms with E-state index in [0.717, 1.165) is 12.3 Å². The minimum atomic E-state index is -3.45. The third kappa shape index (κ3) is 4.14. The highest BCUT2D eigenvalue weighted by Crippen LogP contribution is 2.33. The molecule has 2 rings (SSSR count). The first-order valence-corrected chi connectivity index (χ1v) is 8.82. The van der Waals surface area contributed by atoms with Crippen LogP contribution in [0.15, 0.2) is 18.2 Å². The molecule has 0 bridgehead atoms. The lowest BCUT2D eigenvalue weighted by molar-refractivity contribution is -0.0813. The summed E-state index contributed by atoms with van der Waals surface area (Å²) in [5.74, 6) is -1.13. The van der Waals surface area contributed by atoms with Gasteiger partial charge in [-0.05, 0) is 17.7 Å². The van der Waals surface area contributed by atoms with Gasteiger partial charge < -0.3 is 15.2 Å². The zero-order valence-corrected chi connectivity index (χ0v) is 13.0. The molecular weight excluding hydrogens is 321 g/mol. The second-order valence-corrected chi connectivity index (χ2v) is 7.82. The van der Waals surface area contributed by atoms with E-state index in [2.05, 4.69) is 5.32 Å². The molecule has 21 heavy (non-hydrogen) atoms. The van der Waals surface area contributed by atoms with Gasteiger partial charge in [0.1, 0.15) is 27.4 Å². The van der Waals surface area contributed by atoms with Crippen molar-refractivity contribution in [2.45, 2.75) is 11.7 Å². The molecule has 1 unspecified atom stereocenters. The first-order chi connectivity index (χ1) is 9.71. The van der Waals surface area contributed by atoms with Crippen molar-refractivity contribution in [1.82, 2.24) is 5.32 Å². The summed E-state index contributed by atoms with van der Waals surface area (Å²) in [6.45, 7) is 0.786. The van der Waals surface area contributed by atoms with Crippen LogP contribution >= 0.6 is 11.6 Å². The molecule has 2 N–H and O–H groups in total. The summed E-state index contributed by atoms with van der Waals surface area (Å²) in [6.07, 6.45) is 0.0871. The maximum absolute atomic E-state index is 13.6. The largest absolute Gasteiger partial charge is 0.384 e. The number of nitrogens with one attached hydrogen (secondary N) is 1. The van der Waals surface area contributed by atoms with E-state index >= 15 is 0 Å². The topological polar surface area (TPSA) is 75.6 Å². The van der Waals surface area contributed by atoms with Crippen molar-refractivity contribution < 1.29 is 22.7 Å². The van der Waals surface area contributed by atoms with Crippen molar-refractivity contribution in [2.75, 3.05) is 31.7 Å². The van der Waals surface area contributed by atoms with Crippen molar-refractivity contribution >= 4 is 21.4 Å². The van der Waals surface area contributed by atoms with Crippen LogP contribution in [0.2, 0.25) is 5.02 Å². The first kappa shape index (κ1) is 16.6. The highest BCUT2D eigenvalue weighted by atomic mass is 35.5. The van der Waals surface area contributed by atoms with E-state index in [1.165, 1.54) is 12.1 Å². The van der Waals surface area contributed by atoms with Gasteiger partial charge >= 0.3 is 0 Å². The van der Waals surface area contributed by atoms with Gasteiger partial charge in [0.2, 0.25) is 0 Å². The quantitative estimate of drug-likeness (QED) is 0.857. The molecule has 1 saturated heterocycles. The summed E-state index contributed by atoms with van der Waals surface area (Å²) in [7, 11) is -3.45. The molecule has 118 valence electrons. The standard InChI is InChI=1S/C13H17ClFNO4S/c1-21(18,19)8-13(17)7-16-4-5-20-12(13)9-2-3-10(14)11(15)6-9/h2-3,6,12,16-17H,4-5,7-8H2,1H3/t12?,13-/m0/s1. The molecule has 0 radical (unpaired) electrons. The average Bonchev–Trinajstić information content (AvgIpc) is 2.52. The van der Waals surface area contributed by atoms with Crippen LogP contribution in [-0.2, 0) is 14.6 Å². The minimum Gasteiger partial charge on any atom is -0.384 e. The molecule has 0 aliphatic carbocycles. The molecule has 1 fully saturated rings. The van der Waals surface area contributed by atoms with Crippen LogP contribution in [0.3, 0.4) is 0 Å². The van der Waals surface area contributed by atoms with Gasteiger partial charge in [0.15, 0.2) is 0 Å². The Morgan fingerprint density at radius 2 is 2.29 bits per heavy atom. The summed E-state index contributed by atoms with van der Waals surface area (Å²) >= 11 is 5.64. The fourth-order valence-corrected chi connectivity index (χ4v) is 3.74. The van der Waals surface area contributed by atoms with Gasteiger partial charge in [0, 0.05) is 19.3 Å². The molecule has 0 saturated carbocycles. The predicted molar refractivity (Wildman–Crippen MR) is 77.6 cm³/mol. The van der Waals surface area contributed by atoms with Crippen LogP contribution in [-0.4, -0.2) is 50.8 Å². The molecule has 5 nitrogen and oxygen atoms in total. The summed E-state index contributed by atoms with van der Waals surface area (Å²) in [6, 6.07) is 4.04. The van der Waals surface area contributed by atoms with Crippen LogP contribution in [0.1, 0.15) is 11.7 Å². The lowest BCUT2D eigenvalue weighted by atomic mass is 9.92. The highest BCUT2D eigenvalue weighted by Gasteiger charge is 2.42. The van der Waals surface area contributed by atoms with Gasteiger partial charge in [-0.2, -0.15) is 0 Å². The number of β-amino-alcohol motifs (C(OH)–C–C–N with tert-alkyl or cyclic N) is 1. The van der Waals surface area contributed by atoms with Crippen LogP contribution < -0.4 is 5.32 Å². The number of benzene rings is 1. The lowest BCUT2D eigenvalue weighted by Gasteiger charge is -2.33. The molecule has 1 aliphatic rings. The SMILES string of the molecule is CS(=O)(=O)C[C@@]1(O)CNCCOC1c1ccc(Cl)c(F)c1. The lowest BCUT2D eigenvalue weighted by Crippen LogP contribution is -2.49. The molecule has 1 aromatic carbocycles. The zero-order chi connectivity index (χ0) is 15.7. The van der Waals surface area contributed by atoms with Gasteiger partial charge in [0.05, 0.1) is 17.4 Å². The number of hydrogen-bond acceptors (Lipinski definition) is 5. The summed E-state index contributed by atoms with van der Waals surface area (Å²) in [4.78, 5) is 0. The van der Waals surface area contributed by atoms with Gasteiger partial charge in [0.25, 0.3) is 0 Å². The maximum Gasteiger partial charge on any atom is 0.150 e. The van der Waals surface area contributed by atoms with E-state index in [4.69, 9.17) is 16.3 Å². The van der Waals surface area contributed by atoms with E-state index in [1.54, 1.807) is 0 Å². The summed E-state index contributed by atoms with van der Waals surface area (Å²) in [5.41, 5.74) is -1.32. The number of halogens is 2. The Morgan fingerprint density at radius 1 is 1.57 bits per heavy atom. The monoisotopic (exact) mass is 337 g/mol. The Morgan fingerprint density at radius 3 is 2.90 bits per heavy atom. The van der Waals surface area contributed by atoms with Crippen LogP contribution in [0.25, 0.3) is 0 Å². The first-order valence-electron chi connectivity index (χ1n) is 6.39. The van der Waals surface area contributed by atoms with Crippen LogP contribution in [0, 0.1) is 5.82 Å². The predicted octanol–water partition coefficient (Wildman–Crippen LogP) is 0.916. The van der Waals surface area contributed by atoms with Crippen molar-refractivity contribution in [1.29, 1.82) is 0 Å². The Kier molecular flexibility index (Phi) is 4.89. The third-order valence-electron chi connectivity index (χ3n) is 3.24. The van der Waals surface area contributed by atoms with E-state index < -0.39 is 33.1 Å². The van der Waals surface area contributed by atoms with E-state index in [9.17, 15) is 17.9 Å². The normalized spacial score (nSPS) is 27.3. The minimum absolute atomic E-state index is 0.0367. The number of ether oxygens (including phenoxy) is 1. The van der Waals surface area contributed by atoms with Gasteiger partial charge in [-0.3, -0.25) is 0 Å².